The number of ether oxygens (including phenoxy) is 1. The maximum atomic E-state index is 14.7. The fourth-order valence-electron chi connectivity index (χ4n) is 3.62. The van der Waals surface area contributed by atoms with Crippen molar-refractivity contribution in [1.29, 1.82) is 0 Å². The summed E-state index contributed by atoms with van der Waals surface area (Å²) < 4.78 is 19.8. The number of aromatic nitrogens is 2. The van der Waals surface area contributed by atoms with Crippen molar-refractivity contribution in [3.05, 3.63) is 113 Å². The van der Waals surface area contributed by atoms with Gasteiger partial charge in [0.05, 0.1) is 45.6 Å². The molecule has 1 aromatic heterocycles. The van der Waals surface area contributed by atoms with Gasteiger partial charge < -0.3 is 9.94 Å². The highest BCUT2D eigenvalue weighted by molar-refractivity contribution is 5.92. The van der Waals surface area contributed by atoms with Gasteiger partial charge in [0.15, 0.2) is 0 Å². The summed E-state index contributed by atoms with van der Waals surface area (Å²) >= 11 is 0. The van der Waals surface area contributed by atoms with Crippen LogP contribution in [0.4, 0.5) is 15.8 Å². The second-order valence-electron chi connectivity index (χ2n) is 8.50. The highest BCUT2D eigenvalue weighted by atomic mass is 19.1. The number of nitrogens with zero attached hydrogens (tertiary/aromatic N) is 6. The van der Waals surface area contributed by atoms with E-state index < -0.39 is 55.6 Å². The number of aromatic amines is 1. The molecule has 16 nitrogen and oxygen atoms in total. The quantitative estimate of drug-likeness (QED) is 0.0773. The third-order valence-electron chi connectivity index (χ3n) is 5.59. The Balaban J connectivity index is 1.69. The summed E-state index contributed by atoms with van der Waals surface area (Å²) in [6, 6.07) is 11.2. The lowest BCUT2D eigenvalue weighted by Crippen LogP contribution is -2.21. The number of hydrogen-bond donors (Lipinski definition) is 1. The van der Waals surface area contributed by atoms with Gasteiger partial charge in [-0.2, -0.15) is 10.1 Å². The van der Waals surface area contributed by atoms with Gasteiger partial charge >= 0.3 is 17.3 Å². The molecule has 0 saturated carbocycles. The molecule has 0 bridgehead atoms. The van der Waals surface area contributed by atoms with Crippen molar-refractivity contribution < 1.29 is 33.6 Å². The minimum atomic E-state index is -1.37. The lowest BCUT2D eigenvalue weighted by molar-refractivity contribution is -0.695. The molecular formula is C24H18FN7O9. The topological polar surface area (TPSA) is 209 Å². The SMILES string of the molecule is CN(C)/[N+]([O-])=N/Oc1cc(OC(=O)c2cc(Cc3n[nH]c(=O)c4ccccc34)ccc2F)c([N+](=O)[O-])cc1[N+](=O)[O-]. The molecule has 0 atom stereocenters. The first-order valence-corrected chi connectivity index (χ1v) is 11.4. The average molecular weight is 567 g/mol. The van der Waals surface area contributed by atoms with E-state index in [9.17, 15) is 39.4 Å². The zero-order valence-corrected chi connectivity index (χ0v) is 21.1. The lowest BCUT2D eigenvalue weighted by Gasteiger charge is -2.10. The van der Waals surface area contributed by atoms with Crippen molar-refractivity contribution in [2.24, 2.45) is 5.28 Å². The van der Waals surface area contributed by atoms with E-state index >= 15 is 0 Å². The van der Waals surface area contributed by atoms with Crippen LogP contribution in [0.5, 0.6) is 11.5 Å². The van der Waals surface area contributed by atoms with Crippen molar-refractivity contribution in [3.8, 4) is 11.5 Å². The third kappa shape index (κ3) is 6.03. The van der Waals surface area contributed by atoms with Gasteiger partial charge in [-0.3, -0.25) is 29.9 Å². The largest absolute Gasteiger partial charge is 0.569 e. The Hall–Kier alpha value is -6.00. The molecule has 3 aromatic carbocycles. The fourth-order valence-corrected chi connectivity index (χ4v) is 3.62. The van der Waals surface area contributed by atoms with Gasteiger partial charge in [0.25, 0.3) is 5.56 Å². The number of esters is 1. The highest BCUT2D eigenvalue weighted by Gasteiger charge is 2.30. The van der Waals surface area contributed by atoms with Crippen LogP contribution in [0.25, 0.3) is 10.8 Å². The predicted octanol–water partition coefficient (Wildman–Crippen LogP) is 3.42. The zero-order chi connectivity index (χ0) is 29.8. The van der Waals surface area contributed by atoms with E-state index in [0.717, 1.165) is 17.1 Å². The highest BCUT2D eigenvalue weighted by Crippen LogP contribution is 2.39. The second kappa shape index (κ2) is 11.4. The first-order valence-electron chi connectivity index (χ1n) is 11.4. The summed E-state index contributed by atoms with van der Waals surface area (Å²) in [5.74, 6) is -4.00. The summed E-state index contributed by atoms with van der Waals surface area (Å²) in [5.41, 5.74) is -2.19. The maximum Gasteiger partial charge on any atom is 0.346 e. The van der Waals surface area contributed by atoms with Crippen molar-refractivity contribution in [1.82, 2.24) is 15.2 Å². The van der Waals surface area contributed by atoms with Gasteiger partial charge in [0.2, 0.25) is 16.8 Å². The molecule has 210 valence electrons. The molecule has 0 fully saturated rings. The van der Waals surface area contributed by atoms with Gasteiger partial charge in [0.1, 0.15) is 11.9 Å². The number of nitrogens with one attached hydrogen (secondary N) is 1. The first-order chi connectivity index (χ1) is 19.5. The number of hydrazine groups is 1. The molecule has 0 aliphatic rings. The van der Waals surface area contributed by atoms with Crippen molar-refractivity contribution >= 4 is 28.1 Å². The molecule has 17 heteroatoms. The van der Waals surface area contributed by atoms with Crippen LogP contribution in [0.15, 0.2) is 64.7 Å². The zero-order valence-electron chi connectivity index (χ0n) is 21.1. The number of benzene rings is 3. The maximum absolute atomic E-state index is 14.7. The molecule has 1 heterocycles. The van der Waals surface area contributed by atoms with E-state index in [2.05, 4.69) is 15.5 Å². The number of hydrogen-bond acceptors (Lipinski definition) is 11. The molecule has 0 saturated heterocycles. The normalized spacial score (nSPS) is 11.2. The fraction of sp³-hybridized carbons (Fsp3) is 0.125. The van der Waals surface area contributed by atoms with Crippen LogP contribution >= 0.6 is 0 Å². The number of halogens is 1. The monoisotopic (exact) mass is 567 g/mol. The van der Waals surface area contributed by atoms with Gasteiger partial charge in [-0.15, -0.1) is 0 Å². The molecule has 0 amide bonds. The summed E-state index contributed by atoms with van der Waals surface area (Å²) in [7, 11) is 2.57. The first kappa shape index (κ1) is 28.0. The lowest BCUT2D eigenvalue weighted by atomic mass is 10.0. The molecule has 0 aliphatic carbocycles. The molecule has 1 N–H and O–H groups in total. The number of H-pyrrole nitrogens is 1. The molecule has 0 radical (unpaired) electrons. The predicted molar refractivity (Wildman–Crippen MR) is 137 cm³/mol. The Morgan fingerprint density at radius 2 is 1.66 bits per heavy atom. The van der Waals surface area contributed by atoms with Crippen LogP contribution in [0, 0.1) is 31.3 Å². The number of nitro groups is 2. The Morgan fingerprint density at radius 3 is 2.32 bits per heavy atom. The second-order valence-corrected chi connectivity index (χ2v) is 8.50. The van der Waals surface area contributed by atoms with E-state index in [1.165, 1.54) is 20.2 Å². The molecular weight excluding hydrogens is 549 g/mol. The number of nitro benzene ring substituents is 2. The van der Waals surface area contributed by atoms with E-state index in [0.29, 0.717) is 34.2 Å². The number of carbonyl (C=O) groups excluding carboxylic acids is 1. The average Bonchev–Trinajstić information content (AvgIpc) is 2.93. The van der Waals surface area contributed by atoms with Gasteiger partial charge in [-0.25, -0.2) is 14.3 Å². The molecule has 4 aromatic rings. The van der Waals surface area contributed by atoms with Gasteiger partial charge in [0, 0.05) is 17.9 Å². The van der Waals surface area contributed by atoms with Crippen molar-refractivity contribution in [2.75, 3.05) is 14.1 Å². The molecule has 0 spiro atoms. The van der Waals surface area contributed by atoms with Crippen LogP contribution in [0.3, 0.4) is 0 Å². The van der Waals surface area contributed by atoms with E-state index in [1.807, 2.05) is 0 Å². The summed E-state index contributed by atoms with van der Waals surface area (Å²) in [5, 5.41) is 46.0. The van der Waals surface area contributed by atoms with Crippen LogP contribution in [0.2, 0.25) is 0 Å². The Morgan fingerprint density at radius 1 is 1.00 bits per heavy atom. The molecule has 0 aliphatic heterocycles. The van der Waals surface area contributed by atoms with E-state index in [4.69, 9.17) is 9.57 Å². The van der Waals surface area contributed by atoms with Crippen LogP contribution in [-0.4, -0.2) is 50.1 Å². The summed E-state index contributed by atoms with van der Waals surface area (Å²) in [4.78, 5) is 50.6. The summed E-state index contributed by atoms with van der Waals surface area (Å²) in [6.45, 7) is 0. The van der Waals surface area contributed by atoms with E-state index in [1.54, 1.807) is 24.3 Å². The summed E-state index contributed by atoms with van der Waals surface area (Å²) in [6.07, 6.45) is 0.0621. The Labute approximate surface area is 227 Å². The smallest absolute Gasteiger partial charge is 0.346 e. The minimum Gasteiger partial charge on any atom is -0.569 e. The van der Waals surface area contributed by atoms with Crippen LogP contribution in [0.1, 0.15) is 21.6 Å². The van der Waals surface area contributed by atoms with Crippen molar-refractivity contribution in [2.45, 2.75) is 6.42 Å². The molecule has 41 heavy (non-hydrogen) atoms. The van der Waals surface area contributed by atoms with Crippen LogP contribution in [-0.2, 0) is 6.42 Å². The number of rotatable bonds is 9. The number of carbonyl (C=O) groups is 1. The van der Waals surface area contributed by atoms with E-state index in [-0.39, 0.29) is 11.4 Å². The Kier molecular flexibility index (Phi) is 7.79. The Bertz CT molecular complexity index is 1790. The molecule has 4 rings (SSSR count). The number of fused-ring (bicyclic) bond motifs is 1. The molecule has 0 unspecified atom stereocenters. The van der Waals surface area contributed by atoms with Crippen LogP contribution < -0.4 is 15.1 Å². The third-order valence-corrected chi connectivity index (χ3v) is 5.59. The van der Waals surface area contributed by atoms with Gasteiger partial charge in [-0.1, -0.05) is 24.3 Å². The minimum absolute atomic E-state index is 0.0621. The van der Waals surface area contributed by atoms with Crippen molar-refractivity contribution in [3.63, 3.8) is 0 Å². The standard InChI is InChI=1S/C24H18FN7O9/c1-29(2)32(39)28-41-22-12-21(19(30(35)36)11-20(22)31(37)38)40-24(34)16-9-13(7-8-17(16)25)10-18-14-5-3-4-6-15(14)23(33)27-26-18/h3-9,11-12H,10H2,1-2H3,(H,27,33)/b32-28-. The van der Waals surface area contributed by atoms with Gasteiger partial charge in [-0.05, 0) is 23.8 Å².